The molecule has 4 bridgehead atoms. The number of aromatic nitrogens is 4. The second-order valence-electron chi connectivity index (χ2n) is 10.6. The molecule has 3 atom stereocenters. The molecule has 156 valence electrons. The van der Waals surface area contributed by atoms with Gasteiger partial charge in [-0.1, -0.05) is 0 Å². The standard InChI is InChI=1S/C21H29N5O3/c1-13-23-25-26(24-13)20-10-14-6-15(11-20)9-19(8-14,12-20)22-18(28)16-7-17(27)29-21(16)4-2-3-5-21/h14-16H,2-12H2,1H3,(H,22,28). The fraction of sp³-hybridized carbons (Fsp3) is 0.857. The third-order valence-corrected chi connectivity index (χ3v) is 8.45. The molecule has 1 amide bonds. The highest BCUT2D eigenvalue weighted by atomic mass is 16.6. The molecule has 3 unspecified atom stereocenters. The number of carbonyl (C=O) groups excluding carboxylic acids is 2. The number of amides is 1. The average molecular weight is 399 g/mol. The molecule has 1 aliphatic heterocycles. The van der Waals surface area contributed by atoms with Crippen molar-refractivity contribution < 1.29 is 14.3 Å². The number of ether oxygens (including phenoxy) is 1. The molecule has 8 nitrogen and oxygen atoms in total. The van der Waals surface area contributed by atoms with Crippen LogP contribution in [0, 0.1) is 24.7 Å². The van der Waals surface area contributed by atoms with Crippen molar-refractivity contribution in [3.05, 3.63) is 5.82 Å². The van der Waals surface area contributed by atoms with Gasteiger partial charge in [0.15, 0.2) is 5.82 Å². The molecule has 29 heavy (non-hydrogen) atoms. The van der Waals surface area contributed by atoms with Gasteiger partial charge in [0.25, 0.3) is 0 Å². The van der Waals surface area contributed by atoms with Gasteiger partial charge < -0.3 is 10.1 Å². The number of aryl methyl sites for hydroxylation is 1. The van der Waals surface area contributed by atoms with E-state index in [9.17, 15) is 9.59 Å². The molecule has 0 aromatic carbocycles. The third kappa shape index (κ3) is 2.60. The molecule has 1 aromatic rings. The van der Waals surface area contributed by atoms with Gasteiger partial charge in [0.05, 0.1) is 17.9 Å². The lowest BCUT2D eigenvalue weighted by Crippen LogP contribution is -2.67. The van der Waals surface area contributed by atoms with Crippen molar-refractivity contribution >= 4 is 11.9 Å². The van der Waals surface area contributed by atoms with E-state index in [2.05, 4.69) is 20.7 Å². The Hall–Kier alpha value is -1.99. The Morgan fingerprint density at radius 1 is 1.17 bits per heavy atom. The first-order valence-electron chi connectivity index (χ1n) is 11.2. The van der Waals surface area contributed by atoms with Gasteiger partial charge in [-0.3, -0.25) is 9.59 Å². The molecule has 1 saturated heterocycles. The summed E-state index contributed by atoms with van der Waals surface area (Å²) in [5, 5.41) is 16.5. The maximum Gasteiger partial charge on any atom is 0.307 e. The van der Waals surface area contributed by atoms with Crippen LogP contribution in [0.4, 0.5) is 0 Å². The van der Waals surface area contributed by atoms with Crippen LogP contribution in [0.1, 0.15) is 76.5 Å². The first kappa shape index (κ1) is 17.8. The van der Waals surface area contributed by atoms with E-state index >= 15 is 0 Å². The summed E-state index contributed by atoms with van der Waals surface area (Å²) < 4.78 is 5.72. The molecule has 1 aromatic heterocycles. The van der Waals surface area contributed by atoms with E-state index in [1.54, 1.807) is 0 Å². The first-order chi connectivity index (χ1) is 13.9. The van der Waals surface area contributed by atoms with Crippen molar-refractivity contribution in [3.8, 4) is 0 Å². The van der Waals surface area contributed by atoms with Crippen molar-refractivity contribution in [2.45, 2.75) is 94.2 Å². The Balaban J connectivity index is 1.29. The van der Waals surface area contributed by atoms with Gasteiger partial charge in [0.1, 0.15) is 5.60 Å². The largest absolute Gasteiger partial charge is 0.458 e. The number of rotatable bonds is 3. The second kappa shape index (κ2) is 5.79. The van der Waals surface area contributed by atoms with Crippen molar-refractivity contribution in [3.63, 3.8) is 0 Å². The summed E-state index contributed by atoms with van der Waals surface area (Å²) >= 11 is 0. The number of nitrogens with one attached hydrogen (secondary N) is 1. The van der Waals surface area contributed by atoms with Crippen LogP contribution in [-0.2, 0) is 19.9 Å². The Morgan fingerprint density at radius 2 is 1.90 bits per heavy atom. The zero-order valence-electron chi connectivity index (χ0n) is 17.0. The van der Waals surface area contributed by atoms with Crippen LogP contribution in [0.2, 0.25) is 0 Å². The lowest BCUT2D eigenvalue weighted by Gasteiger charge is -2.61. The van der Waals surface area contributed by atoms with Crippen LogP contribution < -0.4 is 5.32 Å². The SMILES string of the molecule is Cc1nnn(C23CC4CC(CC(NC(=O)C5CC(=O)OC56CCCC6)(C4)C2)C3)n1. The summed E-state index contributed by atoms with van der Waals surface area (Å²) in [6, 6.07) is 0. The molecule has 8 heteroatoms. The number of nitrogens with zero attached hydrogens (tertiary/aromatic N) is 4. The molecule has 5 saturated carbocycles. The predicted octanol–water partition coefficient (Wildman–Crippen LogP) is 2.02. The van der Waals surface area contributed by atoms with E-state index in [1.165, 1.54) is 6.42 Å². The van der Waals surface area contributed by atoms with E-state index in [0.29, 0.717) is 17.7 Å². The molecule has 1 spiro atoms. The number of esters is 1. The van der Waals surface area contributed by atoms with E-state index in [1.807, 2.05) is 11.7 Å². The lowest BCUT2D eigenvalue weighted by atomic mass is 9.50. The van der Waals surface area contributed by atoms with Gasteiger partial charge in [0.2, 0.25) is 5.91 Å². The highest BCUT2D eigenvalue weighted by Crippen LogP contribution is 2.60. The Kier molecular flexibility index (Phi) is 3.56. The molecule has 7 rings (SSSR count). The minimum absolute atomic E-state index is 0.0255. The van der Waals surface area contributed by atoms with Crippen LogP contribution in [0.5, 0.6) is 0 Å². The van der Waals surface area contributed by atoms with E-state index in [0.717, 1.165) is 57.8 Å². The van der Waals surface area contributed by atoms with Crippen molar-refractivity contribution in [1.82, 2.24) is 25.5 Å². The van der Waals surface area contributed by atoms with Gasteiger partial charge in [-0.2, -0.15) is 4.80 Å². The Morgan fingerprint density at radius 3 is 2.55 bits per heavy atom. The summed E-state index contributed by atoms with van der Waals surface area (Å²) in [5.74, 6) is 1.35. The monoisotopic (exact) mass is 399 g/mol. The van der Waals surface area contributed by atoms with Crippen molar-refractivity contribution in [2.75, 3.05) is 0 Å². The fourth-order valence-electron chi connectivity index (χ4n) is 7.88. The molecule has 5 aliphatic carbocycles. The summed E-state index contributed by atoms with van der Waals surface area (Å²) in [7, 11) is 0. The fourth-order valence-corrected chi connectivity index (χ4v) is 7.88. The maximum atomic E-state index is 13.5. The molecule has 6 aliphatic rings. The highest BCUT2D eigenvalue weighted by Gasteiger charge is 2.61. The summed E-state index contributed by atoms with van der Waals surface area (Å²) in [6.07, 6.45) is 10.2. The first-order valence-corrected chi connectivity index (χ1v) is 11.2. The Labute approximate surface area is 170 Å². The average Bonchev–Trinajstić information content (AvgIpc) is 3.35. The van der Waals surface area contributed by atoms with Gasteiger partial charge in [0, 0.05) is 5.54 Å². The highest BCUT2D eigenvalue weighted by molar-refractivity contribution is 5.88. The molecule has 1 N–H and O–H groups in total. The third-order valence-electron chi connectivity index (χ3n) is 8.45. The Bertz CT molecular complexity index is 859. The van der Waals surface area contributed by atoms with Crippen LogP contribution in [0.3, 0.4) is 0 Å². The minimum atomic E-state index is -0.550. The van der Waals surface area contributed by atoms with E-state index in [4.69, 9.17) is 4.74 Å². The number of hydrogen-bond donors (Lipinski definition) is 1. The van der Waals surface area contributed by atoms with Crippen molar-refractivity contribution in [2.24, 2.45) is 17.8 Å². The lowest BCUT2D eigenvalue weighted by molar-refractivity contribution is -0.151. The van der Waals surface area contributed by atoms with Gasteiger partial charge in [-0.05, 0) is 88.2 Å². The number of hydrogen-bond acceptors (Lipinski definition) is 6. The van der Waals surface area contributed by atoms with Gasteiger partial charge in [-0.25, -0.2) is 0 Å². The zero-order valence-corrected chi connectivity index (χ0v) is 17.0. The normalized spacial score (nSPS) is 41.8. The molecular formula is C21H29N5O3. The smallest absolute Gasteiger partial charge is 0.307 e. The molecular weight excluding hydrogens is 370 g/mol. The summed E-state index contributed by atoms with van der Waals surface area (Å²) in [4.78, 5) is 27.4. The minimum Gasteiger partial charge on any atom is -0.458 e. The van der Waals surface area contributed by atoms with Crippen LogP contribution in [0.15, 0.2) is 0 Å². The molecule has 6 fully saturated rings. The van der Waals surface area contributed by atoms with E-state index < -0.39 is 5.60 Å². The summed E-state index contributed by atoms with van der Waals surface area (Å²) in [6.45, 7) is 1.87. The van der Waals surface area contributed by atoms with Crippen molar-refractivity contribution in [1.29, 1.82) is 0 Å². The van der Waals surface area contributed by atoms with Gasteiger partial charge in [-0.15, -0.1) is 10.2 Å². The van der Waals surface area contributed by atoms with Crippen LogP contribution in [0.25, 0.3) is 0 Å². The number of tetrazole rings is 1. The zero-order chi connectivity index (χ0) is 19.9. The topological polar surface area (TPSA) is 99.0 Å². The predicted molar refractivity (Wildman–Crippen MR) is 101 cm³/mol. The summed E-state index contributed by atoms with van der Waals surface area (Å²) in [5.41, 5.74) is -0.897. The van der Waals surface area contributed by atoms with Gasteiger partial charge >= 0.3 is 5.97 Å². The maximum absolute atomic E-state index is 13.5. The van der Waals surface area contributed by atoms with Crippen LogP contribution >= 0.6 is 0 Å². The van der Waals surface area contributed by atoms with E-state index in [-0.39, 0.29) is 35.3 Å². The number of carbonyl (C=O) groups is 2. The van der Waals surface area contributed by atoms with Crippen LogP contribution in [-0.4, -0.2) is 43.2 Å². The molecule has 0 radical (unpaired) electrons. The quantitative estimate of drug-likeness (QED) is 0.781. The molecule has 2 heterocycles. The second-order valence-corrected chi connectivity index (χ2v) is 10.6.